The normalized spacial score (nSPS) is 21.8. The van der Waals surface area contributed by atoms with E-state index in [0.717, 1.165) is 57.0 Å². The van der Waals surface area contributed by atoms with Crippen LogP contribution >= 0.6 is 0 Å². The molecule has 0 spiro atoms. The van der Waals surface area contributed by atoms with E-state index in [1.54, 1.807) is 0 Å². The molecule has 1 unspecified atom stereocenters. The topological polar surface area (TPSA) is 67.8 Å². The molecule has 26 heavy (non-hydrogen) atoms. The largest absolute Gasteiger partial charge is 0.379 e. The van der Waals surface area contributed by atoms with Crippen molar-refractivity contribution in [1.29, 1.82) is 0 Å². The quantitative estimate of drug-likeness (QED) is 0.831. The van der Waals surface area contributed by atoms with Crippen molar-refractivity contribution in [3.05, 3.63) is 30.5 Å². The van der Waals surface area contributed by atoms with Gasteiger partial charge in [0.2, 0.25) is 0 Å². The van der Waals surface area contributed by atoms with E-state index in [1.165, 1.54) is 5.52 Å². The van der Waals surface area contributed by atoms with E-state index in [0.29, 0.717) is 13.2 Å². The van der Waals surface area contributed by atoms with Gasteiger partial charge in [0.15, 0.2) is 0 Å². The predicted octanol–water partition coefficient (Wildman–Crippen LogP) is 0.900. The monoisotopic (exact) mass is 358 g/mol. The second-order valence-electron chi connectivity index (χ2n) is 6.79. The molecule has 2 saturated heterocycles. The number of anilines is 1. The SMILES string of the molecule is O=C(Nc1ccc2c(ccn2CCN2CCOCC2)c1)C1CNCCO1. The summed E-state index contributed by atoms with van der Waals surface area (Å²) in [5, 5.41) is 7.27. The zero-order valence-corrected chi connectivity index (χ0v) is 14.9. The number of nitrogens with zero attached hydrogens (tertiary/aromatic N) is 2. The van der Waals surface area contributed by atoms with Crippen LogP contribution in [-0.4, -0.2) is 74.0 Å². The van der Waals surface area contributed by atoms with Gasteiger partial charge in [-0.3, -0.25) is 9.69 Å². The number of carbonyl (C=O) groups is 1. The van der Waals surface area contributed by atoms with Crippen molar-refractivity contribution in [1.82, 2.24) is 14.8 Å². The van der Waals surface area contributed by atoms with Crippen LogP contribution in [0.15, 0.2) is 30.5 Å². The number of rotatable bonds is 5. The van der Waals surface area contributed by atoms with E-state index >= 15 is 0 Å². The van der Waals surface area contributed by atoms with Crippen molar-refractivity contribution in [3.63, 3.8) is 0 Å². The average Bonchev–Trinajstić information content (AvgIpc) is 3.10. The number of morpholine rings is 2. The molecule has 0 saturated carbocycles. The first kappa shape index (κ1) is 17.5. The molecule has 7 nitrogen and oxygen atoms in total. The third-order valence-corrected chi connectivity index (χ3v) is 5.02. The number of hydrogen-bond acceptors (Lipinski definition) is 5. The molecule has 2 aromatic rings. The van der Waals surface area contributed by atoms with Crippen LogP contribution in [-0.2, 0) is 20.8 Å². The lowest BCUT2D eigenvalue weighted by molar-refractivity contribution is -0.128. The molecule has 2 N–H and O–H groups in total. The van der Waals surface area contributed by atoms with Crippen LogP contribution in [0.4, 0.5) is 5.69 Å². The van der Waals surface area contributed by atoms with Gasteiger partial charge in [-0.05, 0) is 24.3 Å². The lowest BCUT2D eigenvalue weighted by Gasteiger charge is -2.26. The smallest absolute Gasteiger partial charge is 0.254 e. The Hall–Kier alpha value is -1.93. The highest BCUT2D eigenvalue weighted by Gasteiger charge is 2.21. The van der Waals surface area contributed by atoms with Gasteiger partial charge in [0.1, 0.15) is 6.10 Å². The number of amides is 1. The van der Waals surface area contributed by atoms with Gasteiger partial charge in [-0.1, -0.05) is 0 Å². The maximum absolute atomic E-state index is 12.3. The highest BCUT2D eigenvalue weighted by molar-refractivity contribution is 5.96. The Bertz CT molecular complexity index is 748. The molecule has 0 radical (unpaired) electrons. The van der Waals surface area contributed by atoms with Gasteiger partial charge in [0.25, 0.3) is 5.91 Å². The number of benzene rings is 1. The molecule has 2 aliphatic rings. The van der Waals surface area contributed by atoms with E-state index < -0.39 is 6.10 Å². The summed E-state index contributed by atoms with van der Waals surface area (Å²) in [4.78, 5) is 14.7. The Morgan fingerprint density at radius 1 is 1.19 bits per heavy atom. The van der Waals surface area contributed by atoms with Crippen LogP contribution in [0.3, 0.4) is 0 Å². The van der Waals surface area contributed by atoms with Gasteiger partial charge in [-0.2, -0.15) is 0 Å². The molecule has 4 rings (SSSR count). The molecular weight excluding hydrogens is 332 g/mol. The summed E-state index contributed by atoms with van der Waals surface area (Å²) in [5.74, 6) is -0.0942. The van der Waals surface area contributed by atoms with E-state index in [2.05, 4.69) is 38.4 Å². The van der Waals surface area contributed by atoms with Crippen LogP contribution in [0.5, 0.6) is 0 Å². The second kappa shape index (κ2) is 8.18. The number of hydrogen-bond donors (Lipinski definition) is 2. The first-order valence-corrected chi connectivity index (χ1v) is 9.32. The number of ether oxygens (including phenoxy) is 2. The van der Waals surface area contributed by atoms with Crippen LogP contribution in [0.1, 0.15) is 0 Å². The molecule has 1 atom stereocenters. The van der Waals surface area contributed by atoms with Gasteiger partial charge in [0.05, 0.1) is 19.8 Å². The number of nitrogens with one attached hydrogen (secondary N) is 2. The number of carbonyl (C=O) groups excluding carboxylic acids is 1. The maximum Gasteiger partial charge on any atom is 0.254 e. The van der Waals surface area contributed by atoms with Gasteiger partial charge in [-0.15, -0.1) is 0 Å². The molecule has 2 aliphatic heterocycles. The lowest BCUT2D eigenvalue weighted by Crippen LogP contribution is -2.45. The van der Waals surface area contributed by atoms with E-state index in [1.807, 2.05) is 12.1 Å². The third kappa shape index (κ3) is 4.07. The van der Waals surface area contributed by atoms with Gasteiger partial charge in [0, 0.05) is 62.1 Å². The Labute approximate surface area is 153 Å². The number of aromatic nitrogens is 1. The van der Waals surface area contributed by atoms with E-state index in [4.69, 9.17) is 9.47 Å². The second-order valence-corrected chi connectivity index (χ2v) is 6.79. The van der Waals surface area contributed by atoms with Crippen molar-refractivity contribution >= 4 is 22.5 Å². The molecule has 1 amide bonds. The fourth-order valence-electron chi connectivity index (χ4n) is 3.50. The Balaban J connectivity index is 1.39. The minimum atomic E-state index is -0.419. The summed E-state index contributed by atoms with van der Waals surface area (Å²) in [6.07, 6.45) is 1.70. The van der Waals surface area contributed by atoms with Gasteiger partial charge in [-0.25, -0.2) is 0 Å². The van der Waals surface area contributed by atoms with Gasteiger partial charge >= 0.3 is 0 Å². The fourth-order valence-corrected chi connectivity index (χ4v) is 3.50. The Morgan fingerprint density at radius 2 is 2.08 bits per heavy atom. The highest BCUT2D eigenvalue weighted by Crippen LogP contribution is 2.21. The van der Waals surface area contributed by atoms with Crippen LogP contribution in [0.2, 0.25) is 0 Å². The summed E-state index contributed by atoms with van der Waals surface area (Å²) in [6.45, 7) is 7.59. The first-order valence-electron chi connectivity index (χ1n) is 9.32. The molecule has 7 heteroatoms. The molecule has 0 aliphatic carbocycles. The first-order chi connectivity index (χ1) is 12.8. The lowest BCUT2D eigenvalue weighted by atomic mass is 10.2. The fraction of sp³-hybridized carbons (Fsp3) is 0.526. The summed E-state index contributed by atoms with van der Waals surface area (Å²) >= 11 is 0. The highest BCUT2D eigenvalue weighted by atomic mass is 16.5. The predicted molar refractivity (Wildman–Crippen MR) is 100 cm³/mol. The summed E-state index contributed by atoms with van der Waals surface area (Å²) in [5.41, 5.74) is 1.99. The van der Waals surface area contributed by atoms with E-state index in [9.17, 15) is 4.79 Å². The van der Waals surface area contributed by atoms with Crippen LogP contribution < -0.4 is 10.6 Å². The third-order valence-electron chi connectivity index (χ3n) is 5.02. The minimum absolute atomic E-state index is 0.0942. The molecule has 0 bridgehead atoms. The maximum atomic E-state index is 12.3. The van der Waals surface area contributed by atoms with E-state index in [-0.39, 0.29) is 5.91 Å². The van der Waals surface area contributed by atoms with Crippen molar-refractivity contribution in [2.24, 2.45) is 0 Å². The Morgan fingerprint density at radius 3 is 2.88 bits per heavy atom. The molecule has 1 aromatic carbocycles. The average molecular weight is 358 g/mol. The van der Waals surface area contributed by atoms with Gasteiger partial charge < -0.3 is 24.7 Å². The zero-order chi connectivity index (χ0) is 17.8. The number of fused-ring (bicyclic) bond motifs is 1. The molecular formula is C19H26N4O3. The molecule has 3 heterocycles. The van der Waals surface area contributed by atoms with Crippen LogP contribution in [0, 0.1) is 0 Å². The summed E-state index contributed by atoms with van der Waals surface area (Å²) < 4.78 is 13.2. The zero-order valence-electron chi connectivity index (χ0n) is 14.9. The standard InChI is InChI=1S/C19H26N4O3/c24-19(18-14-20-4-10-26-18)21-16-1-2-17-15(13-16)3-5-23(17)7-6-22-8-11-25-12-9-22/h1-3,5,13,18,20H,4,6-12,14H2,(H,21,24). The molecule has 2 fully saturated rings. The van der Waals surface area contributed by atoms with Crippen molar-refractivity contribution in [2.75, 3.05) is 57.9 Å². The Kier molecular flexibility index (Phi) is 5.50. The van der Waals surface area contributed by atoms with Crippen molar-refractivity contribution < 1.29 is 14.3 Å². The molecule has 140 valence electrons. The minimum Gasteiger partial charge on any atom is -0.379 e. The summed E-state index contributed by atoms with van der Waals surface area (Å²) in [6, 6.07) is 8.16. The van der Waals surface area contributed by atoms with Crippen molar-refractivity contribution in [2.45, 2.75) is 12.6 Å². The molecule has 1 aromatic heterocycles. The van der Waals surface area contributed by atoms with Crippen molar-refractivity contribution in [3.8, 4) is 0 Å². The summed E-state index contributed by atoms with van der Waals surface area (Å²) in [7, 11) is 0. The van der Waals surface area contributed by atoms with Crippen LogP contribution in [0.25, 0.3) is 10.9 Å².